The summed E-state index contributed by atoms with van der Waals surface area (Å²) in [5.41, 5.74) is -1.32. The van der Waals surface area contributed by atoms with Gasteiger partial charge in [0, 0.05) is 18.8 Å². The van der Waals surface area contributed by atoms with E-state index < -0.39 is 27.3 Å². The minimum Gasteiger partial charge on any atom is -0.384 e. The minimum absolute atomic E-state index is 0.0531. The van der Waals surface area contributed by atoms with E-state index >= 15 is 0 Å². The predicted octanol–water partition coefficient (Wildman–Crippen LogP) is 1.93. The summed E-state index contributed by atoms with van der Waals surface area (Å²) >= 11 is 0. The fourth-order valence-electron chi connectivity index (χ4n) is 1.50. The number of nitrogens with zero attached hydrogens (tertiary/aromatic N) is 1. The van der Waals surface area contributed by atoms with Gasteiger partial charge in [0.2, 0.25) is 10.0 Å². The van der Waals surface area contributed by atoms with E-state index in [2.05, 4.69) is 10.0 Å². The average Bonchev–Trinajstić information content (AvgIpc) is 2.42. The highest BCUT2D eigenvalue weighted by Gasteiger charge is 2.33. The summed E-state index contributed by atoms with van der Waals surface area (Å²) in [5, 5.41) is 11.3. The zero-order valence-corrected chi connectivity index (χ0v) is 12.0. The Balaban J connectivity index is 2.72. The summed E-state index contributed by atoms with van der Waals surface area (Å²) < 4.78 is 62.8. The van der Waals surface area contributed by atoms with Crippen molar-refractivity contribution in [2.75, 3.05) is 24.2 Å². The van der Waals surface area contributed by atoms with Crippen molar-refractivity contribution in [3.63, 3.8) is 0 Å². The molecular formula is C12H14F3N3O2S. The molecule has 0 unspecified atom stereocenters. The van der Waals surface area contributed by atoms with Crippen LogP contribution in [0.2, 0.25) is 0 Å². The quantitative estimate of drug-likeness (QED) is 0.784. The van der Waals surface area contributed by atoms with E-state index in [1.54, 1.807) is 0 Å². The van der Waals surface area contributed by atoms with E-state index in [1.807, 2.05) is 0 Å². The summed E-state index contributed by atoms with van der Waals surface area (Å²) in [4.78, 5) is 0. The average molecular weight is 321 g/mol. The van der Waals surface area contributed by atoms with E-state index in [9.17, 15) is 21.6 Å². The molecule has 0 amide bonds. The molecular weight excluding hydrogens is 307 g/mol. The highest BCUT2D eigenvalue weighted by Crippen LogP contribution is 2.33. The third kappa shape index (κ3) is 5.24. The van der Waals surface area contributed by atoms with Gasteiger partial charge in [0.25, 0.3) is 0 Å². The van der Waals surface area contributed by atoms with Crippen molar-refractivity contribution in [2.24, 2.45) is 0 Å². The van der Waals surface area contributed by atoms with Crippen molar-refractivity contribution in [3.8, 4) is 6.07 Å². The predicted molar refractivity (Wildman–Crippen MR) is 72.1 cm³/mol. The minimum atomic E-state index is -4.62. The summed E-state index contributed by atoms with van der Waals surface area (Å²) in [5.74, 6) is -0.0674. The molecule has 21 heavy (non-hydrogen) atoms. The van der Waals surface area contributed by atoms with E-state index in [0.29, 0.717) is 0 Å². The maximum absolute atomic E-state index is 12.7. The smallest absolute Gasteiger partial charge is 0.384 e. The number of sulfonamides is 1. The van der Waals surface area contributed by atoms with Crippen LogP contribution < -0.4 is 10.0 Å². The molecule has 0 spiro atoms. The van der Waals surface area contributed by atoms with Crippen LogP contribution in [0.15, 0.2) is 18.2 Å². The Morgan fingerprint density at radius 3 is 2.48 bits per heavy atom. The molecule has 0 fully saturated rings. The molecule has 0 aliphatic carbocycles. The second-order valence-electron chi connectivity index (χ2n) is 4.09. The number of alkyl halides is 3. The van der Waals surface area contributed by atoms with Crippen LogP contribution in [0.5, 0.6) is 0 Å². The molecule has 2 N–H and O–H groups in total. The molecule has 1 aromatic rings. The lowest BCUT2D eigenvalue weighted by Crippen LogP contribution is -2.30. The topological polar surface area (TPSA) is 82.0 Å². The molecule has 5 nitrogen and oxygen atoms in total. The Bertz CT molecular complexity index is 636. The Morgan fingerprint density at radius 1 is 1.29 bits per heavy atom. The number of rotatable bonds is 6. The number of benzene rings is 1. The third-order valence-electron chi connectivity index (χ3n) is 2.60. The highest BCUT2D eigenvalue weighted by molar-refractivity contribution is 7.89. The summed E-state index contributed by atoms with van der Waals surface area (Å²) in [6, 6.07) is 4.72. The third-order valence-corrected chi connectivity index (χ3v) is 4.01. The van der Waals surface area contributed by atoms with Crippen LogP contribution >= 0.6 is 0 Å². The van der Waals surface area contributed by atoms with E-state index in [0.717, 1.165) is 12.1 Å². The largest absolute Gasteiger partial charge is 0.417 e. The van der Waals surface area contributed by atoms with Gasteiger partial charge in [-0.3, -0.25) is 0 Å². The first kappa shape index (κ1) is 17.3. The van der Waals surface area contributed by atoms with Crippen LogP contribution in [-0.4, -0.2) is 27.3 Å². The van der Waals surface area contributed by atoms with Gasteiger partial charge in [-0.25, -0.2) is 13.1 Å². The van der Waals surface area contributed by atoms with Gasteiger partial charge < -0.3 is 5.32 Å². The number of halogens is 3. The lowest BCUT2D eigenvalue weighted by molar-refractivity contribution is -0.137. The van der Waals surface area contributed by atoms with Crippen LogP contribution in [0, 0.1) is 11.3 Å². The molecule has 0 saturated carbocycles. The lowest BCUT2D eigenvalue weighted by atomic mass is 10.1. The Kier molecular flexibility index (Phi) is 5.57. The molecule has 0 aliphatic rings. The molecule has 1 rings (SSSR count). The molecule has 0 atom stereocenters. The van der Waals surface area contributed by atoms with Crippen LogP contribution in [-0.2, 0) is 16.2 Å². The molecule has 9 heteroatoms. The maximum Gasteiger partial charge on any atom is 0.417 e. The van der Waals surface area contributed by atoms with Gasteiger partial charge in [-0.05, 0) is 25.1 Å². The van der Waals surface area contributed by atoms with E-state index in [4.69, 9.17) is 5.26 Å². The number of hydrogen-bond donors (Lipinski definition) is 2. The standard InChI is InChI=1S/C12H14F3N3O2S/c1-2-21(19,20)18-6-5-17-10-4-3-9(8-16)11(7-10)12(13,14)15/h3-4,7,17-18H,2,5-6H2,1H3. The van der Waals surface area contributed by atoms with Crippen molar-refractivity contribution < 1.29 is 21.6 Å². The van der Waals surface area contributed by atoms with Crippen molar-refractivity contribution in [2.45, 2.75) is 13.1 Å². The molecule has 116 valence electrons. The normalized spacial score (nSPS) is 12.0. The second-order valence-corrected chi connectivity index (χ2v) is 6.19. The zero-order chi connectivity index (χ0) is 16.1. The molecule has 0 heterocycles. The van der Waals surface area contributed by atoms with Crippen LogP contribution in [0.1, 0.15) is 18.1 Å². The number of anilines is 1. The molecule has 1 aromatic carbocycles. The molecule has 0 saturated heterocycles. The van der Waals surface area contributed by atoms with Crippen molar-refractivity contribution in [3.05, 3.63) is 29.3 Å². The first-order chi connectivity index (χ1) is 9.69. The molecule has 0 aliphatic heterocycles. The first-order valence-corrected chi connectivity index (χ1v) is 7.67. The molecule has 0 radical (unpaired) electrons. The summed E-state index contributed by atoms with van der Waals surface area (Å²) in [6.07, 6.45) is -4.62. The Labute approximate surface area is 120 Å². The van der Waals surface area contributed by atoms with Gasteiger partial charge in [0.15, 0.2) is 0 Å². The van der Waals surface area contributed by atoms with E-state index in [1.165, 1.54) is 19.1 Å². The lowest BCUT2D eigenvalue weighted by Gasteiger charge is -2.12. The maximum atomic E-state index is 12.7. The highest BCUT2D eigenvalue weighted by atomic mass is 32.2. The van der Waals surface area contributed by atoms with Crippen molar-refractivity contribution in [1.82, 2.24) is 4.72 Å². The van der Waals surface area contributed by atoms with Gasteiger partial charge in [-0.1, -0.05) is 0 Å². The summed E-state index contributed by atoms with van der Waals surface area (Å²) in [7, 11) is -3.33. The van der Waals surface area contributed by atoms with Crippen LogP contribution in [0.25, 0.3) is 0 Å². The fraction of sp³-hybridized carbons (Fsp3) is 0.417. The number of nitriles is 1. The number of nitrogens with one attached hydrogen (secondary N) is 2. The first-order valence-electron chi connectivity index (χ1n) is 6.02. The molecule has 0 bridgehead atoms. The zero-order valence-electron chi connectivity index (χ0n) is 11.2. The van der Waals surface area contributed by atoms with Gasteiger partial charge in [0.1, 0.15) is 0 Å². The van der Waals surface area contributed by atoms with Crippen LogP contribution in [0.4, 0.5) is 18.9 Å². The monoisotopic (exact) mass is 321 g/mol. The van der Waals surface area contributed by atoms with Crippen LogP contribution in [0.3, 0.4) is 0 Å². The SMILES string of the molecule is CCS(=O)(=O)NCCNc1ccc(C#N)c(C(F)(F)F)c1. The van der Waals surface area contributed by atoms with Gasteiger partial charge in [0.05, 0.1) is 22.9 Å². The Hall–Kier alpha value is -1.79. The number of hydrogen-bond acceptors (Lipinski definition) is 4. The van der Waals surface area contributed by atoms with E-state index in [-0.39, 0.29) is 24.5 Å². The van der Waals surface area contributed by atoms with Crippen molar-refractivity contribution in [1.29, 1.82) is 5.26 Å². The fourth-order valence-corrected chi connectivity index (χ4v) is 2.12. The van der Waals surface area contributed by atoms with Crippen molar-refractivity contribution >= 4 is 15.7 Å². The second kappa shape index (κ2) is 6.78. The summed E-state index contributed by atoms with van der Waals surface area (Å²) in [6.45, 7) is 1.66. The molecule has 0 aromatic heterocycles. The van der Waals surface area contributed by atoms with Gasteiger partial charge in [-0.2, -0.15) is 18.4 Å². The van der Waals surface area contributed by atoms with Gasteiger partial charge >= 0.3 is 6.18 Å². The van der Waals surface area contributed by atoms with Gasteiger partial charge in [-0.15, -0.1) is 0 Å². The Morgan fingerprint density at radius 2 is 1.95 bits per heavy atom.